The summed E-state index contributed by atoms with van der Waals surface area (Å²) in [5.74, 6) is 0. The number of nitriles is 1. The molecule has 0 radical (unpaired) electrons. The van der Waals surface area contributed by atoms with Gasteiger partial charge in [-0.05, 0) is 41.2 Å². The lowest BCUT2D eigenvalue weighted by Crippen LogP contribution is -2.47. The van der Waals surface area contributed by atoms with E-state index in [9.17, 15) is 5.26 Å². The van der Waals surface area contributed by atoms with Crippen molar-refractivity contribution in [3.8, 4) is 6.07 Å². The summed E-state index contributed by atoms with van der Waals surface area (Å²) < 4.78 is 5.13. The molecule has 0 spiro atoms. The minimum absolute atomic E-state index is 0.321. The molecule has 0 bridgehead atoms. The third-order valence-corrected chi connectivity index (χ3v) is 2.98. The predicted octanol–water partition coefficient (Wildman–Crippen LogP) is 1.62. The molecule has 4 nitrogen and oxygen atoms in total. The molecule has 4 heteroatoms. The van der Waals surface area contributed by atoms with Crippen molar-refractivity contribution in [3.05, 3.63) is 0 Å². The number of likely N-dealkylation sites (N-methyl/N-ethyl adjacent to an activating group) is 1. The molecule has 0 aromatic rings. The van der Waals surface area contributed by atoms with E-state index in [1.54, 1.807) is 7.11 Å². The third kappa shape index (κ3) is 6.62. The first-order chi connectivity index (χ1) is 7.84. The number of rotatable bonds is 8. The SMILES string of the molecule is COCC(C)N(C)CCC(C)(C#N)NC(C)C. The Morgan fingerprint density at radius 1 is 1.41 bits per heavy atom. The van der Waals surface area contributed by atoms with Crippen molar-refractivity contribution in [1.82, 2.24) is 10.2 Å². The van der Waals surface area contributed by atoms with E-state index in [0.717, 1.165) is 19.6 Å². The highest BCUT2D eigenvalue weighted by Crippen LogP contribution is 2.11. The lowest BCUT2D eigenvalue weighted by molar-refractivity contribution is 0.111. The molecule has 0 saturated carbocycles. The molecule has 17 heavy (non-hydrogen) atoms. The van der Waals surface area contributed by atoms with Crippen molar-refractivity contribution >= 4 is 0 Å². The molecule has 0 aliphatic rings. The minimum Gasteiger partial charge on any atom is -0.383 e. The minimum atomic E-state index is -0.449. The summed E-state index contributed by atoms with van der Waals surface area (Å²) in [6.07, 6.45) is 0.812. The molecule has 0 saturated heterocycles. The number of ether oxygens (including phenoxy) is 1. The zero-order chi connectivity index (χ0) is 13.5. The molecule has 0 amide bonds. The zero-order valence-electron chi connectivity index (χ0n) is 12.1. The normalized spacial score (nSPS) is 16.9. The van der Waals surface area contributed by atoms with Gasteiger partial charge in [0.15, 0.2) is 0 Å². The molecule has 0 aromatic carbocycles. The van der Waals surface area contributed by atoms with Crippen LogP contribution in [0.15, 0.2) is 0 Å². The van der Waals surface area contributed by atoms with Crippen LogP contribution in [0.5, 0.6) is 0 Å². The second-order valence-electron chi connectivity index (χ2n) is 5.28. The van der Waals surface area contributed by atoms with E-state index in [4.69, 9.17) is 4.74 Å². The van der Waals surface area contributed by atoms with Gasteiger partial charge in [0.25, 0.3) is 0 Å². The van der Waals surface area contributed by atoms with Crippen molar-refractivity contribution < 1.29 is 4.74 Å². The van der Waals surface area contributed by atoms with E-state index in [2.05, 4.69) is 44.1 Å². The summed E-state index contributed by atoms with van der Waals surface area (Å²) in [6.45, 7) is 9.82. The molecule has 2 unspecified atom stereocenters. The highest BCUT2D eigenvalue weighted by atomic mass is 16.5. The van der Waals surface area contributed by atoms with Crippen LogP contribution in [0, 0.1) is 11.3 Å². The van der Waals surface area contributed by atoms with Crippen molar-refractivity contribution in [1.29, 1.82) is 5.26 Å². The van der Waals surface area contributed by atoms with Crippen molar-refractivity contribution in [2.75, 3.05) is 27.3 Å². The average molecular weight is 241 g/mol. The van der Waals surface area contributed by atoms with Crippen LogP contribution >= 0.6 is 0 Å². The van der Waals surface area contributed by atoms with E-state index in [1.807, 2.05) is 6.92 Å². The van der Waals surface area contributed by atoms with Gasteiger partial charge in [-0.2, -0.15) is 5.26 Å². The lowest BCUT2D eigenvalue weighted by atomic mass is 9.98. The fourth-order valence-electron chi connectivity index (χ4n) is 1.79. The number of nitrogens with one attached hydrogen (secondary N) is 1. The number of hydrogen-bond acceptors (Lipinski definition) is 4. The zero-order valence-corrected chi connectivity index (χ0v) is 12.1. The van der Waals surface area contributed by atoms with Crippen molar-refractivity contribution in [3.63, 3.8) is 0 Å². The molecule has 0 aromatic heterocycles. The van der Waals surface area contributed by atoms with Gasteiger partial charge in [-0.15, -0.1) is 0 Å². The molecule has 0 fully saturated rings. The Balaban J connectivity index is 4.19. The highest BCUT2D eigenvalue weighted by Gasteiger charge is 2.25. The Bertz CT molecular complexity index is 250. The van der Waals surface area contributed by atoms with Crippen LogP contribution in [0.1, 0.15) is 34.1 Å². The maximum Gasteiger partial charge on any atom is 0.105 e. The Hall–Kier alpha value is -0.630. The quantitative estimate of drug-likeness (QED) is 0.701. The average Bonchev–Trinajstić information content (AvgIpc) is 2.25. The van der Waals surface area contributed by atoms with Crippen LogP contribution in [0.4, 0.5) is 0 Å². The lowest BCUT2D eigenvalue weighted by Gasteiger charge is -2.30. The first-order valence-electron chi connectivity index (χ1n) is 6.22. The number of nitrogens with zero attached hydrogens (tertiary/aromatic N) is 2. The summed E-state index contributed by atoms with van der Waals surface area (Å²) in [4.78, 5) is 2.22. The van der Waals surface area contributed by atoms with Crippen LogP contribution in [0.2, 0.25) is 0 Å². The van der Waals surface area contributed by atoms with Crippen LogP contribution in [-0.4, -0.2) is 49.8 Å². The molecule has 2 atom stereocenters. The predicted molar refractivity (Wildman–Crippen MR) is 70.9 cm³/mol. The Morgan fingerprint density at radius 2 is 2.00 bits per heavy atom. The summed E-state index contributed by atoms with van der Waals surface area (Å²) in [6, 6.07) is 3.06. The maximum atomic E-state index is 9.23. The maximum absolute atomic E-state index is 9.23. The van der Waals surface area contributed by atoms with Gasteiger partial charge in [0.2, 0.25) is 0 Å². The highest BCUT2D eigenvalue weighted by molar-refractivity contribution is 5.04. The van der Waals surface area contributed by atoms with E-state index in [1.165, 1.54) is 0 Å². The summed E-state index contributed by atoms with van der Waals surface area (Å²) in [5, 5.41) is 12.5. The van der Waals surface area contributed by atoms with Crippen LogP contribution in [-0.2, 0) is 4.74 Å². The van der Waals surface area contributed by atoms with Crippen LogP contribution in [0.25, 0.3) is 0 Å². The Labute approximate surface area is 106 Å². The van der Waals surface area contributed by atoms with Crippen LogP contribution < -0.4 is 5.32 Å². The van der Waals surface area contributed by atoms with Gasteiger partial charge >= 0.3 is 0 Å². The molecule has 0 heterocycles. The smallest absolute Gasteiger partial charge is 0.105 e. The monoisotopic (exact) mass is 241 g/mol. The Morgan fingerprint density at radius 3 is 2.41 bits per heavy atom. The standard InChI is InChI=1S/C13H27N3O/c1-11(2)15-13(4,10-14)7-8-16(5)12(3)9-17-6/h11-12,15H,7-9H2,1-6H3. The fraction of sp³-hybridized carbons (Fsp3) is 0.923. The van der Waals surface area contributed by atoms with Gasteiger partial charge in [0, 0.05) is 25.7 Å². The van der Waals surface area contributed by atoms with Gasteiger partial charge in [-0.1, -0.05) is 0 Å². The summed E-state index contributed by atoms with van der Waals surface area (Å²) >= 11 is 0. The van der Waals surface area contributed by atoms with E-state index in [-0.39, 0.29) is 0 Å². The molecule has 0 aliphatic heterocycles. The van der Waals surface area contributed by atoms with Crippen molar-refractivity contribution in [2.45, 2.75) is 51.7 Å². The fourth-order valence-corrected chi connectivity index (χ4v) is 1.79. The first-order valence-corrected chi connectivity index (χ1v) is 6.22. The van der Waals surface area contributed by atoms with Crippen LogP contribution in [0.3, 0.4) is 0 Å². The van der Waals surface area contributed by atoms with Gasteiger partial charge < -0.3 is 9.64 Å². The summed E-state index contributed by atoms with van der Waals surface area (Å²) in [7, 11) is 3.78. The first kappa shape index (κ1) is 16.4. The number of methoxy groups -OCH3 is 1. The molecule has 0 aliphatic carbocycles. The second kappa shape index (κ2) is 7.65. The van der Waals surface area contributed by atoms with Gasteiger partial charge in [-0.3, -0.25) is 5.32 Å². The van der Waals surface area contributed by atoms with Gasteiger partial charge in [0.05, 0.1) is 12.7 Å². The molecule has 0 rings (SSSR count). The molecule has 1 N–H and O–H groups in total. The summed E-state index contributed by atoms with van der Waals surface area (Å²) in [5.41, 5.74) is -0.449. The van der Waals surface area contributed by atoms with E-state index < -0.39 is 5.54 Å². The largest absolute Gasteiger partial charge is 0.383 e. The molecular weight excluding hydrogens is 214 g/mol. The number of hydrogen-bond donors (Lipinski definition) is 1. The molecule has 100 valence electrons. The topological polar surface area (TPSA) is 48.3 Å². The second-order valence-corrected chi connectivity index (χ2v) is 5.28. The molecular formula is C13H27N3O. The van der Waals surface area contributed by atoms with Gasteiger partial charge in [-0.25, -0.2) is 0 Å². The van der Waals surface area contributed by atoms with E-state index >= 15 is 0 Å². The van der Waals surface area contributed by atoms with Gasteiger partial charge in [0.1, 0.15) is 5.54 Å². The third-order valence-electron chi connectivity index (χ3n) is 2.98. The Kier molecular flexibility index (Phi) is 7.37. The van der Waals surface area contributed by atoms with E-state index in [0.29, 0.717) is 12.1 Å². The van der Waals surface area contributed by atoms with Crippen molar-refractivity contribution in [2.24, 2.45) is 0 Å².